The average Bonchev–Trinajstić information content (AvgIpc) is 2.83. The Morgan fingerprint density at radius 1 is 0.848 bits per heavy atom. The quantitative estimate of drug-likeness (QED) is 0.355. The number of amides is 2. The molecule has 0 fully saturated rings. The van der Waals surface area contributed by atoms with Crippen molar-refractivity contribution in [2.24, 2.45) is 0 Å². The van der Waals surface area contributed by atoms with Gasteiger partial charge < -0.3 is 20.1 Å². The zero-order valence-electron chi connectivity index (χ0n) is 18.1. The molecule has 168 valence electrons. The second kappa shape index (κ2) is 11.4. The standard InChI is InChI=1S/C25H23N3O4S/c1-31-21-14-12-17(16-22(21)32-2)13-15-23(29)28-25(33)27-20-11-7-6-10-19(20)24(30)26-18-8-4-3-5-9-18/h3-16H,1-2H3,(H,26,30)(H2,27,28,29,33)/b15-13+. The molecule has 0 spiro atoms. The van der Waals surface area contributed by atoms with Crippen LogP contribution in [0.2, 0.25) is 0 Å². The van der Waals surface area contributed by atoms with E-state index >= 15 is 0 Å². The monoisotopic (exact) mass is 461 g/mol. The van der Waals surface area contributed by atoms with Crippen LogP contribution in [-0.4, -0.2) is 31.1 Å². The maximum absolute atomic E-state index is 12.7. The van der Waals surface area contributed by atoms with Gasteiger partial charge in [0.25, 0.3) is 5.91 Å². The van der Waals surface area contributed by atoms with Crippen LogP contribution in [0.1, 0.15) is 15.9 Å². The van der Waals surface area contributed by atoms with Crippen molar-refractivity contribution in [1.29, 1.82) is 0 Å². The molecule has 0 radical (unpaired) electrons. The molecule has 2 amide bonds. The van der Waals surface area contributed by atoms with Crippen molar-refractivity contribution in [2.45, 2.75) is 0 Å². The molecule has 3 rings (SSSR count). The van der Waals surface area contributed by atoms with Crippen LogP contribution >= 0.6 is 12.2 Å². The van der Waals surface area contributed by atoms with Crippen molar-refractivity contribution in [3.05, 3.63) is 90.0 Å². The van der Waals surface area contributed by atoms with Gasteiger partial charge in [0.2, 0.25) is 5.91 Å². The summed E-state index contributed by atoms with van der Waals surface area (Å²) < 4.78 is 10.5. The highest BCUT2D eigenvalue weighted by Gasteiger charge is 2.13. The molecular formula is C25H23N3O4S. The number of para-hydroxylation sites is 2. The third kappa shape index (κ3) is 6.65. The number of carbonyl (C=O) groups excluding carboxylic acids is 2. The molecular weight excluding hydrogens is 438 g/mol. The highest BCUT2D eigenvalue weighted by atomic mass is 32.1. The predicted molar refractivity (Wildman–Crippen MR) is 134 cm³/mol. The molecule has 0 unspecified atom stereocenters. The number of hydrogen-bond donors (Lipinski definition) is 3. The molecule has 0 aliphatic heterocycles. The van der Waals surface area contributed by atoms with E-state index < -0.39 is 5.91 Å². The van der Waals surface area contributed by atoms with E-state index in [4.69, 9.17) is 21.7 Å². The Balaban J connectivity index is 1.62. The maximum Gasteiger partial charge on any atom is 0.257 e. The smallest absolute Gasteiger partial charge is 0.257 e. The molecule has 33 heavy (non-hydrogen) atoms. The third-order valence-electron chi connectivity index (χ3n) is 4.52. The van der Waals surface area contributed by atoms with Gasteiger partial charge >= 0.3 is 0 Å². The summed E-state index contributed by atoms with van der Waals surface area (Å²) >= 11 is 5.25. The molecule has 0 saturated carbocycles. The van der Waals surface area contributed by atoms with Crippen LogP contribution in [0.25, 0.3) is 6.08 Å². The molecule has 0 aromatic heterocycles. The topological polar surface area (TPSA) is 88.7 Å². The summed E-state index contributed by atoms with van der Waals surface area (Å²) in [6.45, 7) is 0. The molecule has 3 aromatic carbocycles. The zero-order chi connectivity index (χ0) is 23.6. The number of ether oxygens (including phenoxy) is 2. The van der Waals surface area contributed by atoms with Gasteiger partial charge in [-0.1, -0.05) is 36.4 Å². The Kier molecular flexibility index (Phi) is 8.15. The van der Waals surface area contributed by atoms with Crippen molar-refractivity contribution in [3.8, 4) is 11.5 Å². The Labute approximate surface area is 197 Å². The fourth-order valence-electron chi connectivity index (χ4n) is 2.95. The first-order valence-electron chi connectivity index (χ1n) is 9.97. The average molecular weight is 462 g/mol. The lowest BCUT2D eigenvalue weighted by Gasteiger charge is -2.13. The zero-order valence-corrected chi connectivity index (χ0v) is 18.9. The van der Waals surface area contributed by atoms with E-state index in [1.54, 1.807) is 74.9 Å². The molecule has 0 saturated heterocycles. The van der Waals surface area contributed by atoms with Crippen LogP contribution in [0, 0.1) is 0 Å². The Bertz CT molecular complexity index is 1180. The predicted octanol–water partition coefficient (Wildman–Crippen LogP) is 4.48. The lowest BCUT2D eigenvalue weighted by molar-refractivity contribution is -0.115. The largest absolute Gasteiger partial charge is 0.493 e. The minimum Gasteiger partial charge on any atom is -0.493 e. The van der Waals surface area contributed by atoms with Crippen LogP contribution in [0.15, 0.2) is 78.9 Å². The molecule has 0 atom stereocenters. The van der Waals surface area contributed by atoms with Gasteiger partial charge in [-0.15, -0.1) is 0 Å². The number of benzene rings is 3. The Morgan fingerprint density at radius 3 is 2.27 bits per heavy atom. The van der Waals surface area contributed by atoms with Crippen LogP contribution < -0.4 is 25.4 Å². The van der Waals surface area contributed by atoms with E-state index in [0.717, 1.165) is 5.56 Å². The minimum absolute atomic E-state index is 0.0666. The lowest BCUT2D eigenvalue weighted by atomic mass is 10.1. The van der Waals surface area contributed by atoms with Gasteiger partial charge in [0, 0.05) is 11.8 Å². The van der Waals surface area contributed by atoms with E-state index in [0.29, 0.717) is 28.4 Å². The number of carbonyl (C=O) groups is 2. The summed E-state index contributed by atoms with van der Waals surface area (Å²) in [5, 5.41) is 8.38. The van der Waals surface area contributed by atoms with Crippen molar-refractivity contribution in [3.63, 3.8) is 0 Å². The second-order valence-electron chi connectivity index (χ2n) is 6.76. The van der Waals surface area contributed by atoms with E-state index in [1.165, 1.54) is 6.08 Å². The van der Waals surface area contributed by atoms with Crippen molar-refractivity contribution >= 4 is 46.6 Å². The molecule has 0 aliphatic carbocycles. The number of rotatable bonds is 7. The number of hydrogen-bond acceptors (Lipinski definition) is 5. The molecule has 0 bridgehead atoms. The molecule has 3 aromatic rings. The minimum atomic E-state index is -0.423. The first-order valence-corrected chi connectivity index (χ1v) is 10.4. The summed E-state index contributed by atoms with van der Waals surface area (Å²) in [6.07, 6.45) is 2.98. The van der Waals surface area contributed by atoms with Gasteiger partial charge in [0.05, 0.1) is 25.5 Å². The summed E-state index contributed by atoms with van der Waals surface area (Å²) in [4.78, 5) is 25.0. The first-order chi connectivity index (χ1) is 16.0. The van der Waals surface area contributed by atoms with Crippen molar-refractivity contribution in [2.75, 3.05) is 24.9 Å². The van der Waals surface area contributed by atoms with Crippen molar-refractivity contribution < 1.29 is 19.1 Å². The van der Waals surface area contributed by atoms with Crippen molar-refractivity contribution in [1.82, 2.24) is 5.32 Å². The van der Waals surface area contributed by atoms with E-state index in [2.05, 4.69) is 16.0 Å². The van der Waals surface area contributed by atoms with Gasteiger partial charge in [0.15, 0.2) is 16.6 Å². The maximum atomic E-state index is 12.7. The summed E-state index contributed by atoms with van der Waals surface area (Å²) in [6, 6.07) is 21.3. The van der Waals surface area contributed by atoms with Gasteiger partial charge in [-0.2, -0.15) is 0 Å². The lowest BCUT2D eigenvalue weighted by Crippen LogP contribution is -2.33. The number of nitrogens with one attached hydrogen (secondary N) is 3. The molecule has 3 N–H and O–H groups in total. The van der Waals surface area contributed by atoms with Gasteiger partial charge in [-0.3, -0.25) is 14.9 Å². The second-order valence-corrected chi connectivity index (χ2v) is 7.17. The summed E-state index contributed by atoms with van der Waals surface area (Å²) in [7, 11) is 3.10. The number of methoxy groups -OCH3 is 2. The normalized spacial score (nSPS) is 10.4. The summed E-state index contributed by atoms with van der Waals surface area (Å²) in [5.41, 5.74) is 2.29. The van der Waals surface area contributed by atoms with Gasteiger partial charge in [0.1, 0.15) is 0 Å². The van der Waals surface area contributed by atoms with E-state index in [-0.39, 0.29) is 11.0 Å². The fourth-order valence-corrected chi connectivity index (χ4v) is 3.16. The molecule has 8 heteroatoms. The molecule has 0 heterocycles. The highest BCUT2D eigenvalue weighted by molar-refractivity contribution is 7.80. The van der Waals surface area contributed by atoms with Gasteiger partial charge in [-0.05, 0) is 60.3 Å². The van der Waals surface area contributed by atoms with Crippen LogP contribution in [-0.2, 0) is 4.79 Å². The first kappa shape index (κ1) is 23.5. The Hall–Kier alpha value is -4.17. The summed E-state index contributed by atoms with van der Waals surface area (Å²) in [5.74, 6) is 0.433. The van der Waals surface area contributed by atoms with Gasteiger partial charge in [-0.25, -0.2) is 0 Å². The van der Waals surface area contributed by atoms with Crippen LogP contribution in [0.5, 0.6) is 11.5 Å². The van der Waals surface area contributed by atoms with Crippen LogP contribution in [0.3, 0.4) is 0 Å². The fraction of sp³-hybridized carbons (Fsp3) is 0.0800. The Morgan fingerprint density at radius 2 is 1.55 bits per heavy atom. The SMILES string of the molecule is COc1ccc(/C=C/C(=O)NC(=S)Nc2ccccc2C(=O)Nc2ccccc2)cc1OC. The molecule has 0 aliphatic rings. The number of thiocarbonyl (C=S) groups is 1. The third-order valence-corrected chi connectivity index (χ3v) is 4.73. The van der Waals surface area contributed by atoms with Crippen LogP contribution in [0.4, 0.5) is 11.4 Å². The number of anilines is 2. The highest BCUT2D eigenvalue weighted by Crippen LogP contribution is 2.28. The van der Waals surface area contributed by atoms with E-state index in [1.807, 2.05) is 18.2 Å². The van der Waals surface area contributed by atoms with E-state index in [9.17, 15) is 9.59 Å². The molecule has 7 nitrogen and oxygen atoms in total.